The van der Waals surface area contributed by atoms with Crippen molar-refractivity contribution in [3.8, 4) is 5.75 Å². The van der Waals surface area contributed by atoms with Crippen LogP contribution in [0, 0.1) is 0 Å². The van der Waals surface area contributed by atoms with Crippen LogP contribution in [-0.4, -0.2) is 122 Å². The fourth-order valence-electron chi connectivity index (χ4n) is 4.31. The SMILES string of the molecule is CCCCCCCCc1ccc(OCCOCCOCCOCCOCCOCCOCCOCCN2C(=O)C=CC2=O)cc1. The number of carbonyl (C=O) groups excluding carboxylic acids is 2. The van der Waals surface area contributed by atoms with E-state index in [4.69, 9.17) is 37.9 Å². The van der Waals surface area contributed by atoms with Gasteiger partial charge in [-0.25, -0.2) is 0 Å². The first-order valence-corrected chi connectivity index (χ1v) is 16.5. The third-order valence-electron chi connectivity index (χ3n) is 6.83. The van der Waals surface area contributed by atoms with Crippen molar-refractivity contribution in [3.05, 3.63) is 42.0 Å². The second-order valence-corrected chi connectivity index (χ2v) is 10.5. The van der Waals surface area contributed by atoms with Crippen LogP contribution in [-0.2, 0) is 49.2 Å². The van der Waals surface area contributed by atoms with E-state index in [9.17, 15) is 9.59 Å². The van der Waals surface area contributed by atoms with E-state index in [0.717, 1.165) is 17.1 Å². The Labute approximate surface area is 269 Å². The van der Waals surface area contributed by atoms with E-state index in [1.54, 1.807) is 0 Å². The van der Waals surface area contributed by atoms with Gasteiger partial charge in [0.2, 0.25) is 0 Å². The molecule has 11 heteroatoms. The van der Waals surface area contributed by atoms with Crippen LogP contribution in [0.1, 0.15) is 51.0 Å². The zero-order valence-corrected chi connectivity index (χ0v) is 27.3. The summed E-state index contributed by atoms with van der Waals surface area (Å²) in [6, 6.07) is 8.41. The molecule has 0 N–H and O–H groups in total. The van der Waals surface area contributed by atoms with Crippen LogP contribution >= 0.6 is 0 Å². The maximum atomic E-state index is 11.4. The summed E-state index contributed by atoms with van der Waals surface area (Å²) in [5.74, 6) is 0.275. The topological polar surface area (TPSA) is 111 Å². The molecule has 1 aliphatic heterocycles. The number of imide groups is 1. The molecule has 0 aliphatic carbocycles. The van der Waals surface area contributed by atoms with Crippen LogP contribution in [0.3, 0.4) is 0 Å². The van der Waals surface area contributed by atoms with Crippen molar-refractivity contribution >= 4 is 11.8 Å². The summed E-state index contributed by atoms with van der Waals surface area (Å²) in [6.45, 7) is 9.53. The average Bonchev–Trinajstić information content (AvgIpc) is 3.37. The van der Waals surface area contributed by atoms with Gasteiger partial charge in [0.05, 0.1) is 99.0 Å². The normalized spacial score (nSPS) is 13.0. The van der Waals surface area contributed by atoms with Crippen molar-refractivity contribution in [1.29, 1.82) is 0 Å². The highest BCUT2D eigenvalue weighted by Gasteiger charge is 2.22. The molecule has 0 fully saturated rings. The van der Waals surface area contributed by atoms with Crippen molar-refractivity contribution in [2.45, 2.75) is 51.9 Å². The molecule has 2 rings (SSSR count). The summed E-state index contributed by atoms with van der Waals surface area (Å²) in [7, 11) is 0. The highest BCUT2D eigenvalue weighted by molar-refractivity contribution is 6.12. The van der Waals surface area contributed by atoms with Gasteiger partial charge in [-0.1, -0.05) is 51.2 Å². The zero-order chi connectivity index (χ0) is 32.0. The molecule has 0 bridgehead atoms. The molecule has 0 saturated carbocycles. The molecule has 0 radical (unpaired) electrons. The lowest BCUT2D eigenvalue weighted by atomic mass is 10.0. The lowest BCUT2D eigenvalue weighted by molar-refractivity contribution is -0.137. The fraction of sp³-hybridized carbons (Fsp3) is 0.706. The number of aryl methyl sites for hydroxylation is 1. The minimum absolute atomic E-state index is 0.245. The number of rotatable bonds is 32. The lowest BCUT2D eigenvalue weighted by Crippen LogP contribution is -2.33. The Kier molecular flexibility index (Phi) is 24.0. The van der Waals surface area contributed by atoms with Crippen LogP contribution in [0.15, 0.2) is 36.4 Å². The maximum absolute atomic E-state index is 11.4. The molecule has 1 heterocycles. The molecule has 0 atom stereocenters. The molecule has 45 heavy (non-hydrogen) atoms. The Hall–Kier alpha value is -2.38. The lowest BCUT2D eigenvalue weighted by Gasteiger charge is -2.13. The molecule has 1 aromatic rings. The number of ether oxygens (including phenoxy) is 8. The van der Waals surface area contributed by atoms with E-state index >= 15 is 0 Å². The van der Waals surface area contributed by atoms with Gasteiger partial charge < -0.3 is 37.9 Å². The Morgan fingerprint density at radius 2 is 0.889 bits per heavy atom. The van der Waals surface area contributed by atoms with E-state index in [1.807, 2.05) is 12.1 Å². The van der Waals surface area contributed by atoms with Crippen LogP contribution in [0.4, 0.5) is 0 Å². The largest absolute Gasteiger partial charge is 0.491 e. The molecule has 1 aliphatic rings. The number of benzene rings is 1. The monoisotopic (exact) mass is 637 g/mol. The highest BCUT2D eigenvalue weighted by atomic mass is 16.6. The molecular weight excluding hydrogens is 582 g/mol. The molecular formula is C34H55NO10. The summed E-state index contributed by atoms with van der Waals surface area (Å²) >= 11 is 0. The predicted molar refractivity (Wildman–Crippen MR) is 171 cm³/mol. The van der Waals surface area contributed by atoms with Gasteiger partial charge in [0, 0.05) is 12.2 Å². The van der Waals surface area contributed by atoms with Crippen molar-refractivity contribution < 1.29 is 47.5 Å². The van der Waals surface area contributed by atoms with E-state index < -0.39 is 0 Å². The Balaban J connectivity index is 1.22. The number of amides is 2. The molecule has 2 amide bonds. The van der Waals surface area contributed by atoms with Crippen molar-refractivity contribution in [3.63, 3.8) is 0 Å². The first kappa shape index (κ1) is 38.8. The van der Waals surface area contributed by atoms with Crippen LogP contribution in [0.5, 0.6) is 5.75 Å². The summed E-state index contributed by atoms with van der Waals surface area (Å²) in [6.07, 6.45) is 11.6. The summed E-state index contributed by atoms with van der Waals surface area (Å²) in [5.41, 5.74) is 1.37. The number of carbonyl (C=O) groups is 2. The number of hydrogen-bond donors (Lipinski definition) is 0. The first-order valence-electron chi connectivity index (χ1n) is 16.5. The molecule has 0 saturated heterocycles. The molecule has 1 aromatic carbocycles. The summed E-state index contributed by atoms with van der Waals surface area (Å²) in [5, 5.41) is 0. The van der Waals surface area contributed by atoms with Gasteiger partial charge in [0.25, 0.3) is 11.8 Å². The fourth-order valence-corrected chi connectivity index (χ4v) is 4.31. The summed E-state index contributed by atoms with van der Waals surface area (Å²) in [4.78, 5) is 23.9. The Morgan fingerprint density at radius 1 is 0.489 bits per heavy atom. The third-order valence-corrected chi connectivity index (χ3v) is 6.83. The van der Waals surface area contributed by atoms with Crippen molar-refractivity contribution in [2.24, 2.45) is 0 Å². The van der Waals surface area contributed by atoms with Gasteiger partial charge >= 0.3 is 0 Å². The van der Waals surface area contributed by atoms with Gasteiger partial charge in [0.1, 0.15) is 12.4 Å². The Bertz CT molecular complexity index is 877. The number of hydrogen-bond acceptors (Lipinski definition) is 10. The molecule has 256 valence electrons. The van der Waals surface area contributed by atoms with Crippen molar-refractivity contribution in [2.75, 3.05) is 106 Å². The van der Waals surface area contributed by atoms with Crippen molar-refractivity contribution in [1.82, 2.24) is 4.90 Å². The van der Waals surface area contributed by atoms with Gasteiger partial charge in [0.15, 0.2) is 0 Å². The quantitative estimate of drug-likeness (QED) is 0.0849. The second kappa shape index (κ2) is 27.9. The summed E-state index contributed by atoms with van der Waals surface area (Å²) < 4.78 is 44.1. The van der Waals surface area contributed by atoms with Crippen LogP contribution in [0.2, 0.25) is 0 Å². The predicted octanol–water partition coefficient (Wildman–Crippen LogP) is 4.01. The molecule has 0 spiro atoms. The third kappa shape index (κ3) is 21.1. The van der Waals surface area contributed by atoms with Crippen LogP contribution in [0.25, 0.3) is 0 Å². The smallest absolute Gasteiger partial charge is 0.253 e. The first-order chi connectivity index (χ1) is 22.2. The van der Waals surface area contributed by atoms with E-state index in [0.29, 0.717) is 92.5 Å². The molecule has 11 nitrogen and oxygen atoms in total. The van der Waals surface area contributed by atoms with E-state index in [-0.39, 0.29) is 25.0 Å². The van der Waals surface area contributed by atoms with Crippen LogP contribution < -0.4 is 4.74 Å². The standard InChI is InChI=1S/C34H55NO10/c1-2-3-4-5-6-7-8-31-9-11-32(12-10-31)45-30-29-44-28-27-43-26-25-42-24-23-41-22-21-40-20-19-39-18-17-38-16-15-35-33(36)13-14-34(35)37/h9-14H,2-8,15-30H2,1H3. The highest BCUT2D eigenvalue weighted by Crippen LogP contribution is 2.15. The number of unbranched alkanes of at least 4 members (excludes halogenated alkanes) is 5. The number of nitrogens with zero attached hydrogens (tertiary/aromatic N) is 1. The van der Waals surface area contributed by atoms with Gasteiger partial charge in [-0.2, -0.15) is 0 Å². The minimum atomic E-state index is -0.302. The second-order valence-electron chi connectivity index (χ2n) is 10.5. The van der Waals surface area contributed by atoms with Gasteiger partial charge in [-0.3, -0.25) is 14.5 Å². The Morgan fingerprint density at radius 3 is 1.36 bits per heavy atom. The zero-order valence-electron chi connectivity index (χ0n) is 27.3. The maximum Gasteiger partial charge on any atom is 0.253 e. The van der Waals surface area contributed by atoms with E-state index in [2.05, 4.69) is 19.1 Å². The minimum Gasteiger partial charge on any atom is -0.491 e. The van der Waals surface area contributed by atoms with E-state index in [1.165, 1.54) is 56.2 Å². The molecule has 0 aromatic heterocycles. The molecule has 0 unspecified atom stereocenters. The van der Waals surface area contributed by atoms with Gasteiger partial charge in [-0.05, 0) is 30.5 Å². The van der Waals surface area contributed by atoms with Gasteiger partial charge in [-0.15, -0.1) is 0 Å². The average molecular weight is 638 g/mol.